The fourth-order valence-electron chi connectivity index (χ4n) is 1.93. The fraction of sp³-hybridized carbons (Fsp3) is 0.211. The molecule has 0 fully saturated rings. The first-order valence-corrected chi connectivity index (χ1v) is 7.46. The van der Waals surface area contributed by atoms with E-state index in [2.05, 4.69) is 5.32 Å². The molecule has 3 heteroatoms. The summed E-state index contributed by atoms with van der Waals surface area (Å²) in [4.78, 5) is 12.0. The topological polar surface area (TPSA) is 38.3 Å². The van der Waals surface area contributed by atoms with Gasteiger partial charge in [0.05, 0.1) is 12.3 Å². The van der Waals surface area contributed by atoms with E-state index >= 15 is 0 Å². The van der Waals surface area contributed by atoms with Crippen molar-refractivity contribution < 1.29 is 9.53 Å². The average Bonchev–Trinajstić information content (AvgIpc) is 2.53. The first-order valence-electron chi connectivity index (χ1n) is 7.46. The van der Waals surface area contributed by atoms with Gasteiger partial charge in [0.2, 0.25) is 5.91 Å². The number of carbonyl (C=O) groups excluding carboxylic acids is 1. The fourth-order valence-corrected chi connectivity index (χ4v) is 1.93. The van der Waals surface area contributed by atoms with E-state index in [-0.39, 0.29) is 5.91 Å². The summed E-state index contributed by atoms with van der Waals surface area (Å²) in [5.74, 6) is 0.523. The average molecular weight is 295 g/mol. The van der Waals surface area contributed by atoms with Gasteiger partial charge in [0, 0.05) is 6.08 Å². The van der Waals surface area contributed by atoms with E-state index in [1.807, 2.05) is 62.4 Å². The Labute approximate surface area is 131 Å². The summed E-state index contributed by atoms with van der Waals surface area (Å²) in [6.07, 6.45) is 4.25. The smallest absolute Gasteiger partial charge is 0.248 e. The molecule has 22 heavy (non-hydrogen) atoms. The number of hydrogen-bond donors (Lipinski definition) is 1. The van der Waals surface area contributed by atoms with Crippen LogP contribution in [0, 0.1) is 6.92 Å². The minimum Gasteiger partial charge on any atom is -0.491 e. The summed E-state index contributed by atoms with van der Waals surface area (Å²) in [6, 6.07) is 15.5. The van der Waals surface area contributed by atoms with E-state index in [1.54, 1.807) is 6.08 Å². The van der Waals surface area contributed by atoms with Crippen LogP contribution in [0.2, 0.25) is 0 Å². The van der Waals surface area contributed by atoms with Crippen molar-refractivity contribution in [1.82, 2.24) is 0 Å². The highest BCUT2D eigenvalue weighted by atomic mass is 16.5. The predicted molar refractivity (Wildman–Crippen MR) is 91.1 cm³/mol. The van der Waals surface area contributed by atoms with E-state index in [1.165, 1.54) is 11.6 Å². The zero-order valence-corrected chi connectivity index (χ0v) is 13.0. The molecule has 3 nitrogen and oxygen atoms in total. The Morgan fingerprint density at radius 1 is 1.14 bits per heavy atom. The molecule has 114 valence electrons. The Bertz CT molecular complexity index is 645. The first-order chi connectivity index (χ1) is 10.7. The van der Waals surface area contributed by atoms with Crippen LogP contribution in [0.5, 0.6) is 5.75 Å². The quantitative estimate of drug-likeness (QED) is 0.800. The predicted octanol–water partition coefficient (Wildman–Crippen LogP) is 4.44. The number of anilines is 1. The standard InChI is InChI=1S/C19H21NO2/c1-3-14-22-18-7-5-4-6-17(18)20-19(21)13-12-16-10-8-15(2)9-11-16/h4-13H,3,14H2,1-2H3,(H,20,21)/b13-12+. The summed E-state index contributed by atoms with van der Waals surface area (Å²) in [6.45, 7) is 4.71. The summed E-state index contributed by atoms with van der Waals surface area (Å²) < 4.78 is 5.62. The SMILES string of the molecule is CCCOc1ccccc1NC(=O)/C=C/c1ccc(C)cc1. The van der Waals surface area contributed by atoms with Gasteiger partial charge in [-0.15, -0.1) is 0 Å². The zero-order chi connectivity index (χ0) is 15.8. The maximum atomic E-state index is 12.0. The maximum absolute atomic E-state index is 12.0. The molecule has 0 aliphatic carbocycles. The number of hydrogen-bond acceptors (Lipinski definition) is 2. The second kappa shape index (κ2) is 8.03. The van der Waals surface area contributed by atoms with Crippen molar-refractivity contribution in [3.05, 3.63) is 65.7 Å². The molecule has 2 rings (SSSR count). The Morgan fingerprint density at radius 2 is 1.86 bits per heavy atom. The molecular formula is C19H21NO2. The normalized spacial score (nSPS) is 10.6. The van der Waals surface area contributed by atoms with E-state index in [0.29, 0.717) is 18.0 Å². The number of para-hydroxylation sites is 2. The number of ether oxygens (including phenoxy) is 1. The summed E-state index contributed by atoms with van der Waals surface area (Å²) in [7, 11) is 0. The molecule has 0 bridgehead atoms. The van der Waals surface area contributed by atoms with Crippen LogP contribution in [0.1, 0.15) is 24.5 Å². The Morgan fingerprint density at radius 3 is 2.59 bits per heavy atom. The van der Waals surface area contributed by atoms with Crippen LogP contribution in [0.25, 0.3) is 6.08 Å². The van der Waals surface area contributed by atoms with Gasteiger partial charge in [0.1, 0.15) is 5.75 Å². The van der Waals surface area contributed by atoms with Crippen LogP contribution >= 0.6 is 0 Å². The van der Waals surface area contributed by atoms with Gasteiger partial charge < -0.3 is 10.1 Å². The van der Waals surface area contributed by atoms with Gasteiger partial charge in [0.15, 0.2) is 0 Å². The minimum absolute atomic E-state index is 0.173. The number of benzene rings is 2. The molecule has 0 saturated heterocycles. The molecule has 0 aliphatic heterocycles. The van der Waals surface area contributed by atoms with Gasteiger partial charge in [0.25, 0.3) is 0 Å². The Balaban J connectivity index is 2.01. The highest BCUT2D eigenvalue weighted by molar-refractivity contribution is 6.02. The van der Waals surface area contributed by atoms with Crippen molar-refractivity contribution >= 4 is 17.7 Å². The van der Waals surface area contributed by atoms with Gasteiger partial charge in [-0.2, -0.15) is 0 Å². The van der Waals surface area contributed by atoms with Crippen molar-refractivity contribution in [2.24, 2.45) is 0 Å². The number of rotatable bonds is 6. The monoisotopic (exact) mass is 295 g/mol. The lowest BCUT2D eigenvalue weighted by Gasteiger charge is -2.10. The maximum Gasteiger partial charge on any atom is 0.248 e. The van der Waals surface area contributed by atoms with Crippen molar-refractivity contribution in [3.8, 4) is 5.75 Å². The summed E-state index contributed by atoms with van der Waals surface area (Å²) >= 11 is 0. The van der Waals surface area contributed by atoms with E-state index in [0.717, 1.165) is 12.0 Å². The molecule has 2 aromatic carbocycles. The van der Waals surface area contributed by atoms with Gasteiger partial charge in [-0.05, 0) is 37.1 Å². The third kappa shape index (κ3) is 4.77. The van der Waals surface area contributed by atoms with E-state index in [4.69, 9.17) is 4.74 Å². The molecule has 0 saturated carbocycles. The van der Waals surface area contributed by atoms with Gasteiger partial charge in [-0.1, -0.05) is 48.9 Å². The number of nitrogens with one attached hydrogen (secondary N) is 1. The molecule has 0 aromatic heterocycles. The Hall–Kier alpha value is -2.55. The second-order valence-corrected chi connectivity index (χ2v) is 5.08. The van der Waals surface area contributed by atoms with Crippen molar-refractivity contribution in [1.29, 1.82) is 0 Å². The third-order valence-corrected chi connectivity index (χ3v) is 3.11. The molecule has 0 spiro atoms. The van der Waals surface area contributed by atoms with Crippen LogP contribution < -0.4 is 10.1 Å². The zero-order valence-electron chi connectivity index (χ0n) is 13.0. The van der Waals surface area contributed by atoms with Gasteiger partial charge in [-0.25, -0.2) is 0 Å². The third-order valence-electron chi connectivity index (χ3n) is 3.11. The van der Waals surface area contributed by atoms with Gasteiger partial charge in [-0.3, -0.25) is 4.79 Å². The van der Waals surface area contributed by atoms with Crippen LogP contribution in [-0.2, 0) is 4.79 Å². The molecule has 0 heterocycles. The van der Waals surface area contributed by atoms with Crippen LogP contribution in [-0.4, -0.2) is 12.5 Å². The number of amides is 1. The summed E-state index contributed by atoms with van der Waals surface area (Å²) in [5, 5.41) is 2.85. The van der Waals surface area contributed by atoms with Crippen LogP contribution in [0.4, 0.5) is 5.69 Å². The lowest BCUT2D eigenvalue weighted by molar-refractivity contribution is -0.111. The lowest BCUT2D eigenvalue weighted by Crippen LogP contribution is -2.09. The molecule has 0 aliphatic rings. The number of aryl methyl sites for hydroxylation is 1. The van der Waals surface area contributed by atoms with Crippen LogP contribution in [0.3, 0.4) is 0 Å². The molecule has 1 N–H and O–H groups in total. The Kier molecular flexibility index (Phi) is 5.78. The lowest BCUT2D eigenvalue weighted by atomic mass is 10.1. The highest BCUT2D eigenvalue weighted by Crippen LogP contribution is 2.23. The van der Waals surface area contributed by atoms with Gasteiger partial charge >= 0.3 is 0 Å². The van der Waals surface area contributed by atoms with E-state index < -0.39 is 0 Å². The summed E-state index contributed by atoms with van der Waals surface area (Å²) in [5.41, 5.74) is 2.88. The largest absolute Gasteiger partial charge is 0.491 e. The number of carbonyl (C=O) groups is 1. The van der Waals surface area contributed by atoms with Crippen molar-refractivity contribution in [2.45, 2.75) is 20.3 Å². The first kappa shape index (κ1) is 15.8. The molecule has 0 atom stereocenters. The van der Waals surface area contributed by atoms with E-state index in [9.17, 15) is 4.79 Å². The second-order valence-electron chi connectivity index (χ2n) is 5.08. The molecule has 0 unspecified atom stereocenters. The molecular weight excluding hydrogens is 274 g/mol. The minimum atomic E-state index is -0.173. The van der Waals surface area contributed by atoms with Crippen LogP contribution in [0.15, 0.2) is 54.6 Å². The molecule has 1 amide bonds. The van der Waals surface area contributed by atoms with Crippen molar-refractivity contribution in [2.75, 3.05) is 11.9 Å². The molecule has 2 aromatic rings. The van der Waals surface area contributed by atoms with Crippen molar-refractivity contribution in [3.63, 3.8) is 0 Å². The molecule has 0 radical (unpaired) electrons. The highest BCUT2D eigenvalue weighted by Gasteiger charge is 2.04.